The van der Waals surface area contributed by atoms with Crippen LogP contribution in [0, 0.1) is 17.5 Å². The van der Waals surface area contributed by atoms with Crippen molar-refractivity contribution in [3.63, 3.8) is 0 Å². The molecule has 0 bridgehead atoms. The molecule has 27 heavy (non-hydrogen) atoms. The molecule has 0 aromatic heterocycles. The van der Waals surface area contributed by atoms with Gasteiger partial charge < -0.3 is 4.74 Å². The van der Waals surface area contributed by atoms with Crippen LogP contribution in [0.4, 0.5) is 13.2 Å². The van der Waals surface area contributed by atoms with Gasteiger partial charge in [-0.25, -0.2) is 17.9 Å². The second-order valence-electron chi connectivity index (χ2n) is 5.51. The SMILES string of the molecule is CN(C)S(=O)(=O)NC(=O)c1cc(F)c(COc2ccc(F)c(Cl)c2)cc1F. The van der Waals surface area contributed by atoms with Crippen molar-refractivity contribution in [2.75, 3.05) is 14.1 Å². The molecule has 0 atom stereocenters. The fourth-order valence-electron chi connectivity index (χ4n) is 1.86. The van der Waals surface area contributed by atoms with E-state index in [1.807, 2.05) is 0 Å². The van der Waals surface area contributed by atoms with Crippen LogP contribution in [-0.2, 0) is 16.8 Å². The lowest BCUT2D eigenvalue weighted by Crippen LogP contribution is -2.39. The summed E-state index contributed by atoms with van der Waals surface area (Å²) in [5.74, 6) is -3.99. The van der Waals surface area contributed by atoms with Crippen LogP contribution >= 0.6 is 11.6 Å². The van der Waals surface area contributed by atoms with E-state index in [4.69, 9.17) is 16.3 Å². The summed E-state index contributed by atoms with van der Waals surface area (Å²) in [4.78, 5) is 11.9. The van der Waals surface area contributed by atoms with Gasteiger partial charge in [0, 0.05) is 25.7 Å². The molecule has 11 heteroatoms. The van der Waals surface area contributed by atoms with Gasteiger partial charge in [0.25, 0.3) is 5.91 Å². The molecule has 0 saturated carbocycles. The first kappa shape index (κ1) is 21.0. The molecule has 1 N–H and O–H groups in total. The summed E-state index contributed by atoms with van der Waals surface area (Å²) < 4.78 is 72.1. The van der Waals surface area contributed by atoms with Gasteiger partial charge in [0.2, 0.25) is 0 Å². The van der Waals surface area contributed by atoms with Crippen molar-refractivity contribution >= 4 is 27.7 Å². The van der Waals surface area contributed by atoms with E-state index in [-0.39, 0.29) is 16.3 Å². The van der Waals surface area contributed by atoms with Gasteiger partial charge in [-0.05, 0) is 24.3 Å². The molecule has 1 amide bonds. The summed E-state index contributed by atoms with van der Waals surface area (Å²) in [6, 6.07) is 4.74. The van der Waals surface area contributed by atoms with E-state index in [2.05, 4.69) is 0 Å². The molecule has 0 radical (unpaired) electrons. The number of nitrogens with one attached hydrogen (secondary N) is 1. The Balaban J connectivity index is 2.18. The molecular weight excluding hydrogens is 409 g/mol. The van der Waals surface area contributed by atoms with E-state index in [9.17, 15) is 26.4 Å². The number of amides is 1. The van der Waals surface area contributed by atoms with Crippen molar-refractivity contribution in [1.29, 1.82) is 0 Å². The largest absolute Gasteiger partial charge is 0.489 e. The Morgan fingerprint density at radius 1 is 1.11 bits per heavy atom. The molecule has 2 rings (SSSR count). The highest BCUT2D eigenvalue weighted by Crippen LogP contribution is 2.23. The molecule has 0 saturated heterocycles. The second-order valence-corrected chi connectivity index (χ2v) is 7.80. The molecule has 0 spiro atoms. The molecule has 6 nitrogen and oxygen atoms in total. The number of carbonyl (C=O) groups is 1. The van der Waals surface area contributed by atoms with E-state index in [1.54, 1.807) is 4.72 Å². The molecule has 0 fully saturated rings. The number of hydrogen-bond donors (Lipinski definition) is 1. The van der Waals surface area contributed by atoms with Crippen LogP contribution in [0.2, 0.25) is 5.02 Å². The fourth-order valence-corrected chi connectivity index (χ4v) is 2.56. The Labute approximate surface area is 158 Å². The number of carbonyl (C=O) groups excluding carboxylic acids is 1. The standard InChI is InChI=1S/C16H14ClF3N2O4S/c1-22(2)27(24,25)21-16(23)11-7-14(19)9(5-15(11)20)8-26-10-3-4-13(18)12(17)6-10/h3-7H,8H2,1-2H3,(H,21,23). The summed E-state index contributed by atoms with van der Waals surface area (Å²) in [5.41, 5.74) is -1.02. The highest BCUT2D eigenvalue weighted by Gasteiger charge is 2.22. The molecule has 0 unspecified atom stereocenters. The van der Waals surface area contributed by atoms with Crippen LogP contribution in [0.25, 0.3) is 0 Å². The van der Waals surface area contributed by atoms with Gasteiger partial charge in [-0.15, -0.1) is 0 Å². The van der Waals surface area contributed by atoms with Crippen molar-refractivity contribution in [2.24, 2.45) is 0 Å². The van der Waals surface area contributed by atoms with Crippen molar-refractivity contribution in [3.05, 3.63) is 63.9 Å². The zero-order chi connectivity index (χ0) is 20.4. The third-order valence-corrected chi connectivity index (χ3v) is 5.06. The van der Waals surface area contributed by atoms with E-state index in [0.29, 0.717) is 16.4 Å². The van der Waals surface area contributed by atoms with Crippen LogP contribution in [0.15, 0.2) is 30.3 Å². The lowest BCUT2D eigenvalue weighted by molar-refractivity contribution is 0.0975. The third-order valence-electron chi connectivity index (χ3n) is 3.37. The van der Waals surface area contributed by atoms with Gasteiger partial charge in [-0.1, -0.05) is 11.6 Å². The average molecular weight is 423 g/mol. The van der Waals surface area contributed by atoms with Gasteiger partial charge in [0.15, 0.2) is 0 Å². The van der Waals surface area contributed by atoms with Crippen LogP contribution in [-0.4, -0.2) is 32.7 Å². The smallest absolute Gasteiger partial charge is 0.303 e. The zero-order valence-corrected chi connectivity index (χ0v) is 15.7. The molecule has 146 valence electrons. The third kappa shape index (κ3) is 5.12. The van der Waals surface area contributed by atoms with Gasteiger partial charge in [-0.2, -0.15) is 12.7 Å². The summed E-state index contributed by atoms with van der Waals surface area (Å²) in [7, 11) is -1.84. The lowest BCUT2D eigenvalue weighted by atomic mass is 10.1. The van der Waals surface area contributed by atoms with Crippen LogP contribution in [0.3, 0.4) is 0 Å². The van der Waals surface area contributed by atoms with Crippen LogP contribution in [0.1, 0.15) is 15.9 Å². The Morgan fingerprint density at radius 3 is 2.37 bits per heavy atom. The minimum atomic E-state index is -4.16. The quantitative estimate of drug-likeness (QED) is 0.776. The van der Waals surface area contributed by atoms with E-state index in [1.165, 1.54) is 12.1 Å². The minimum absolute atomic E-state index is 0.125. The Kier molecular flexibility index (Phi) is 6.34. The predicted octanol–water partition coefficient (Wildman–Crippen LogP) is 2.87. The van der Waals surface area contributed by atoms with Crippen molar-refractivity contribution in [3.8, 4) is 5.75 Å². The summed E-state index contributed by atoms with van der Waals surface area (Å²) in [5, 5.41) is -0.201. The fraction of sp³-hybridized carbons (Fsp3) is 0.188. The molecule has 0 aliphatic carbocycles. The number of rotatable bonds is 6. The number of nitrogens with zero attached hydrogens (tertiary/aromatic N) is 1. The topological polar surface area (TPSA) is 75.7 Å². The van der Waals surface area contributed by atoms with Gasteiger partial charge in [0.1, 0.15) is 29.8 Å². The van der Waals surface area contributed by atoms with E-state index >= 15 is 0 Å². The molecule has 0 aliphatic rings. The maximum atomic E-state index is 14.2. The molecular formula is C16H14ClF3N2O4S. The first-order valence-electron chi connectivity index (χ1n) is 7.31. The van der Waals surface area contributed by atoms with Crippen molar-refractivity contribution in [1.82, 2.24) is 9.03 Å². The van der Waals surface area contributed by atoms with Gasteiger partial charge in [0.05, 0.1) is 10.6 Å². The van der Waals surface area contributed by atoms with E-state index in [0.717, 1.165) is 20.2 Å². The number of hydrogen-bond acceptors (Lipinski definition) is 4. The summed E-state index contributed by atoms with van der Waals surface area (Å²) in [6.45, 7) is -0.428. The maximum absolute atomic E-state index is 14.2. The van der Waals surface area contributed by atoms with Crippen LogP contribution < -0.4 is 9.46 Å². The lowest BCUT2D eigenvalue weighted by Gasteiger charge is -2.13. The predicted molar refractivity (Wildman–Crippen MR) is 92.2 cm³/mol. The molecule has 2 aromatic rings. The van der Waals surface area contributed by atoms with Gasteiger partial charge in [-0.3, -0.25) is 4.79 Å². The molecule has 2 aromatic carbocycles. The normalized spacial score (nSPS) is 11.5. The molecule has 0 heterocycles. The highest BCUT2D eigenvalue weighted by molar-refractivity contribution is 7.87. The summed E-state index contributed by atoms with van der Waals surface area (Å²) >= 11 is 5.60. The van der Waals surface area contributed by atoms with Crippen LogP contribution in [0.5, 0.6) is 5.75 Å². The minimum Gasteiger partial charge on any atom is -0.489 e. The summed E-state index contributed by atoms with van der Waals surface area (Å²) in [6.07, 6.45) is 0. The molecule has 0 aliphatic heterocycles. The number of halogens is 4. The first-order valence-corrected chi connectivity index (χ1v) is 9.13. The Morgan fingerprint density at radius 2 is 1.78 bits per heavy atom. The van der Waals surface area contributed by atoms with Crippen molar-refractivity contribution in [2.45, 2.75) is 6.61 Å². The first-order chi connectivity index (χ1) is 12.5. The van der Waals surface area contributed by atoms with Crippen molar-refractivity contribution < 1.29 is 31.1 Å². The monoisotopic (exact) mass is 422 g/mol. The highest BCUT2D eigenvalue weighted by atomic mass is 35.5. The van der Waals surface area contributed by atoms with Gasteiger partial charge >= 0.3 is 10.2 Å². The number of benzene rings is 2. The van der Waals surface area contributed by atoms with E-state index < -0.39 is 45.7 Å². The average Bonchev–Trinajstić information content (AvgIpc) is 2.57. The zero-order valence-electron chi connectivity index (χ0n) is 14.1. The maximum Gasteiger partial charge on any atom is 0.303 e. The number of ether oxygens (including phenoxy) is 1. The second kappa shape index (κ2) is 8.15. The Bertz CT molecular complexity index is 984. The Hall–Kier alpha value is -2.30.